The fraction of sp³-hybridized carbons (Fsp3) is 1.00. The Kier molecular flexibility index (Phi) is 3.34. The average Bonchev–Trinajstić information content (AvgIpc) is 2.85. The number of hydrogen-bond donors (Lipinski definition) is 1. The Labute approximate surface area is 68.6 Å². The maximum absolute atomic E-state index is 8.77. The van der Waals surface area contributed by atoms with E-state index >= 15 is 0 Å². The summed E-state index contributed by atoms with van der Waals surface area (Å²) in [5, 5.41) is 8.77. The Balaban J connectivity index is 0.000000281. The van der Waals surface area contributed by atoms with Gasteiger partial charge in [-0.05, 0) is 25.2 Å². The third kappa shape index (κ3) is 2.17. The van der Waals surface area contributed by atoms with E-state index < -0.39 is 0 Å². The normalized spacial score (nSPS) is 40.1. The summed E-state index contributed by atoms with van der Waals surface area (Å²) in [4.78, 5) is 0. The molecule has 0 spiro atoms. The zero-order valence-corrected chi connectivity index (χ0v) is 7.42. The van der Waals surface area contributed by atoms with Gasteiger partial charge in [0.15, 0.2) is 0 Å². The van der Waals surface area contributed by atoms with Crippen LogP contribution in [0.2, 0.25) is 0 Å². The molecule has 1 saturated heterocycles. The molecule has 1 N–H and O–H groups in total. The molecule has 3 unspecified atom stereocenters. The summed E-state index contributed by atoms with van der Waals surface area (Å²) >= 11 is 0. The van der Waals surface area contributed by atoms with Crippen LogP contribution in [0.3, 0.4) is 0 Å². The highest BCUT2D eigenvalue weighted by Crippen LogP contribution is 2.38. The van der Waals surface area contributed by atoms with Gasteiger partial charge in [-0.3, -0.25) is 0 Å². The smallest absolute Gasteiger partial charge is 0.0845 e. The standard InChI is InChI=1S/C7H12O2.C2H6/c8-4-5-1-2-6-7(3-5)9-6;1-2/h5-8H,1-4H2;1-2H3. The molecule has 2 rings (SSSR count). The van der Waals surface area contributed by atoms with Gasteiger partial charge in [-0.15, -0.1) is 0 Å². The third-order valence-corrected chi connectivity index (χ3v) is 2.37. The van der Waals surface area contributed by atoms with Crippen LogP contribution in [-0.2, 0) is 4.74 Å². The van der Waals surface area contributed by atoms with Gasteiger partial charge in [0.1, 0.15) is 0 Å². The van der Waals surface area contributed by atoms with Crippen molar-refractivity contribution in [2.45, 2.75) is 45.3 Å². The third-order valence-electron chi connectivity index (χ3n) is 2.37. The average molecular weight is 158 g/mol. The maximum atomic E-state index is 8.77. The summed E-state index contributed by atoms with van der Waals surface area (Å²) in [5.74, 6) is 0.536. The first-order valence-corrected chi connectivity index (χ1v) is 4.66. The number of aliphatic hydroxyl groups excluding tert-OH is 1. The van der Waals surface area contributed by atoms with E-state index in [-0.39, 0.29) is 0 Å². The van der Waals surface area contributed by atoms with Crippen molar-refractivity contribution in [2.24, 2.45) is 5.92 Å². The van der Waals surface area contributed by atoms with Crippen molar-refractivity contribution < 1.29 is 9.84 Å². The van der Waals surface area contributed by atoms with Crippen LogP contribution in [0.15, 0.2) is 0 Å². The Morgan fingerprint density at radius 2 is 2.00 bits per heavy atom. The van der Waals surface area contributed by atoms with Crippen molar-refractivity contribution in [3.63, 3.8) is 0 Å². The fourth-order valence-electron chi connectivity index (χ4n) is 1.65. The predicted octanol–water partition coefficient (Wildman–Crippen LogP) is 1.57. The molecular weight excluding hydrogens is 140 g/mol. The molecule has 66 valence electrons. The molecule has 2 aliphatic rings. The first-order chi connectivity index (χ1) is 5.40. The summed E-state index contributed by atoms with van der Waals surface area (Å²) in [6.45, 7) is 4.35. The van der Waals surface area contributed by atoms with Crippen LogP contribution in [0.1, 0.15) is 33.1 Å². The first-order valence-electron chi connectivity index (χ1n) is 4.66. The number of ether oxygens (including phenoxy) is 1. The quantitative estimate of drug-likeness (QED) is 0.587. The lowest BCUT2D eigenvalue weighted by atomic mass is 9.90. The van der Waals surface area contributed by atoms with Crippen molar-refractivity contribution in [3.05, 3.63) is 0 Å². The van der Waals surface area contributed by atoms with Crippen LogP contribution in [0.25, 0.3) is 0 Å². The predicted molar refractivity (Wildman–Crippen MR) is 44.4 cm³/mol. The minimum Gasteiger partial charge on any atom is -0.396 e. The molecule has 1 saturated carbocycles. The van der Waals surface area contributed by atoms with Gasteiger partial charge in [-0.25, -0.2) is 0 Å². The second-order valence-electron chi connectivity index (χ2n) is 3.07. The SMILES string of the molecule is CC.OCC1CCC2OC2C1. The van der Waals surface area contributed by atoms with Crippen molar-refractivity contribution in [2.75, 3.05) is 6.61 Å². The molecule has 0 aromatic carbocycles. The highest BCUT2D eigenvalue weighted by Gasteiger charge is 2.43. The van der Waals surface area contributed by atoms with Gasteiger partial charge >= 0.3 is 0 Å². The second kappa shape index (κ2) is 4.07. The van der Waals surface area contributed by atoms with E-state index in [1.807, 2.05) is 13.8 Å². The molecule has 0 radical (unpaired) electrons. The number of fused-ring (bicyclic) bond motifs is 1. The lowest BCUT2D eigenvalue weighted by Crippen LogP contribution is -2.16. The molecule has 11 heavy (non-hydrogen) atoms. The number of epoxide rings is 1. The molecular formula is C9H18O2. The molecule has 2 heteroatoms. The Morgan fingerprint density at radius 3 is 2.55 bits per heavy atom. The number of rotatable bonds is 1. The zero-order chi connectivity index (χ0) is 8.27. The van der Waals surface area contributed by atoms with Crippen molar-refractivity contribution in [3.8, 4) is 0 Å². The monoisotopic (exact) mass is 158 g/mol. The van der Waals surface area contributed by atoms with Crippen LogP contribution in [0.5, 0.6) is 0 Å². The largest absolute Gasteiger partial charge is 0.396 e. The molecule has 0 aromatic heterocycles. The van der Waals surface area contributed by atoms with Gasteiger partial charge in [0.2, 0.25) is 0 Å². The minimum absolute atomic E-state index is 0.354. The fourth-order valence-corrected chi connectivity index (χ4v) is 1.65. The van der Waals surface area contributed by atoms with Gasteiger partial charge < -0.3 is 9.84 Å². The Bertz CT molecular complexity index is 114. The van der Waals surface area contributed by atoms with Gasteiger partial charge in [-0.2, -0.15) is 0 Å². The molecule has 0 bridgehead atoms. The van der Waals surface area contributed by atoms with Gasteiger partial charge in [0.05, 0.1) is 12.2 Å². The Morgan fingerprint density at radius 1 is 1.27 bits per heavy atom. The highest BCUT2D eigenvalue weighted by atomic mass is 16.6. The van der Waals surface area contributed by atoms with Crippen LogP contribution in [0.4, 0.5) is 0 Å². The summed E-state index contributed by atoms with van der Waals surface area (Å²) in [6.07, 6.45) is 4.54. The maximum Gasteiger partial charge on any atom is 0.0845 e. The summed E-state index contributed by atoms with van der Waals surface area (Å²) in [6, 6.07) is 0. The van der Waals surface area contributed by atoms with E-state index in [1.54, 1.807) is 0 Å². The molecule has 2 fully saturated rings. The van der Waals surface area contributed by atoms with Gasteiger partial charge in [0.25, 0.3) is 0 Å². The van der Waals surface area contributed by atoms with Gasteiger partial charge in [0, 0.05) is 6.61 Å². The van der Waals surface area contributed by atoms with Crippen molar-refractivity contribution in [1.82, 2.24) is 0 Å². The van der Waals surface area contributed by atoms with E-state index in [4.69, 9.17) is 9.84 Å². The number of hydrogen-bond acceptors (Lipinski definition) is 2. The highest BCUT2D eigenvalue weighted by molar-refractivity contribution is 4.91. The van der Waals surface area contributed by atoms with Crippen LogP contribution < -0.4 is 0 Å². The molecule has 1 aliphatic heterocycles. The van der Waals surface area contributed by atoms with Crippen LogP contribution >= 0.6 is 0 Å². The molecule has 2 nitrogen and oxygen atoms in total. The number of aliphatic hydroxyl groups is 1. The van der Waals surface area contributed by atoms with E-state index in [9.17, 15) is 0 Å². The molecule has 1 heterocycles. The summed E-state index contributed by atoms with van der Waals surface area (Å²) in [5.41, 5.74) is 0. The first kappa shape index (κ1) is 9.01. The van der Waals surface area contributed by atoms with Crippen molar-refractivity contribution in [1.29, 1.82) is 0 Å². The topological polar surface area (TPSA) is 32.8 Å². The molecule has 3 atom stereocenters. The van der Waals surface area contributed by atoms with Crippen LogP contribution in [0, 0.1) is 5.92 Å². The zero-order valence-electron chi connectivity index (χ0n) is 7.42. The minimum atomic E-state index is 0.354. The molecule has 0 amide bonds. The molecule has 1 aliphatic carbocycles. The lowest BCUT2D eigenvalue weighted by molar-refractivity contribution is 0.197. The molecule has 0 aromatic rings. The van der Waals surface area contributed by atoms with E-state index in [0.29, 0.717) is 24.7 Å². The Hall–Kier alpha value is -0.0800. The lowest BCUT2D eigenvalue weighted by Gasteiger charge is -2.14. The van der Waals surface area contributed by atoms with Crippen LogP contribution in [-0.4, -0.2) is 23.9 Å². The summed E-state index contributed by atoms with van der Waals surface area (Å²) in [7, 11) is 0. The van der Waals surface area contributed by atoms with Gasteiger partial charge in [-0.1, -0.05) is 13.8 Å². The summed E-state index contributed by atoms with van der Waals surface area (Å²) < 4.78 is 5.30. The van der Waals surface area contributed by atoms with E-state index in [0.717, 1.165) is 12.8 Å². The second-order valence-corrected chi connectivity index (χ2v) is 3.07. The van der Waals surface area contributed by atoms with E-state index in [2.05, 4.69) is 0 Å². The van der Waals surface area contributed by atoms with Crippen molar-refractivity contribution >= 4 is 0 Å². The van der Waals surface area contributed by atoms with E-state index in [1.165, 1.54) is 6.42 Å².